The minimum atomic E-state index is -0.897. The van der Waals surface area contributed by atoms with Gasteiger partial charge >= 0.3 is 12.0 Å². The summed E-state index contributed by atoms with van der Waals surface area (Å²) in [4.78, 5) is 24.7. The van der Waals surface area contributed by atoms with Gasteiger partial charge in [0.25, 0.3) is 0 Å². The van der Waals surface area contributed by atoms with Crippen molar-refractivity contribution in [3.63, 3.8) is 0 Å². The second-order valence-corrected chi connectivity index (χ2v) is 5.57. The lowest BCUT2D eigenvalue weighted by atomic mass is 10.0. The summed E-state index contributed by atoms with van der Waals surface area (Å²) in [5.41, 5.74) is 0. The number of urea groups is 1. The molecule has 0 radical (unpaired) electrons. The Balaban J connectivity index is 2.52. The highest BCUT2D eigenvalue weighted by molar-refractivity contribution is 5.76. The molecule has 0 bridgehead atoms. The summed E-state index contributed by atoms with van der Waals surface area (Å²) in [5, 5.41) is 11.7. The predicted molar refractivity (Wildman–Crippen MR) is 75.6 cm³/mol. The Labute approximate surface area is 120 Å². The fourth-order valence-electron chi connectivity index (χ4n) is 2.28. The van der Waals surface area contributed by atoms with Crippen molar-refractivity contribution in [2.75, 3.05) is 19.7 Å². The van der Waals surface area contributed by atoms with Gasteiger partial charge in [0.2, 0.25) is 0 Å². The van der Waals surface area contributed by atoms with Gasteiger partial charge in [-0.1, -0.05) is 13.8 Å². The molecule has 1 rings (SSSR count). The second kappa shape index (κ2) is 8.09. The normalized spacial score (nSPS) is 19.9. The van der Waals surface area contributed by atoms with Crippen molar-refractivity contribution in [3.8, 4) is 0 Å². The van der Waals surface area contributed by atoms with Gasteiger partial charge < -0.3 is 20.1 Å². The standard InChI is InChI=1S/C14H26N2O4/c1-4-16(9-11-6-5-7-20-11)14(19)15-12(10(2)3)8-13(17)18/h10-12H,4-9H2,1-3H3,(H,15,19)(H,17,18). The van der Waals surface area contributed by atoms with Crippen LogP contribution in [0.3, 0.4) is 0 Å². The highest BCUT2D eigenvalue weighted by Crippen LogP contribution is 2.14. The third-order valence-corrected chi connectivity index (χ3v) is 3.63. The van der Waals surface area contributed by atoms with E-state index in [9.17, 15) is 9.59 Å². The van der Waals surface area contributed by atoms with Crippen LogP contribution < -0.4 is 5.32 Å². The lowest BCUT2D eigenvalue weighted by Gasteiger charge is -2.28. The summed E-state index contributed by atoms with van der Waals surface area (Å²) in [5.74, 6) is -0.817. The summed E-state index contributed by atoms with van der Waals surface area (Å²) in [6.45, 7) is 7.64. The van der Waals surface area contributed by atoms with Crippen LogP contribution in [0.4, 0.5) is 4.79 Å². The van der Waals surface area contributed by atoms with Crippen molar-refractivity contribution in [1.82, 2.24) is 10.2 Å². The lowest BCUT2D eigenvalue weighted by molar-refractivity contribution is -0.137. The van der Waals surface area contributed by atoms with Crippen molar-refractivity contribution in [3.05, 3.63) is 0 Å². The van der Waals surface area contributed by atoms with Gasteiger partial charge in [-0.2, -0.15) is 0 Å². The first-order chi connectivity index (χ1) is 9.43. The van der Waals surface area contributed by atoms with Crippen molar-refractivity contribution >= 4 is 12.0 Å². The van der Waals surface area contributed by atoms with E-state index >= 15 is 0 Å². The number of rotatable bonds is 7. The van der Waals surface area contributed by atoms with E-state index < -0.39 is 5.97 Å². The molecule has 2 atom stereocenters. The fraction of sp³-hybridized carbons (Fsp3) is 0.857. The van der Waals surface area contributed by atoms with Crippen LogP contribution in [0.15, 0.2) is 0 Å². The lowest BCUT2D eigenvalue weighted by Crippen LogP contribution is -2.49. The third kappa shape index (κ3) is 5.36. The van der Waals surface area contributed by atoms with Crippen LogP contribution in [0.1, 0.15) is 40.0 Å². The first kappa shape index (κ1) is 16.8. The van der Waals surface area contributed by atoms with E-state index in [1.165, 1.54) is 0 Å². The van der Waals surface area contributed by atoms with Crippen LogP contribution in [-0.2, 0) is 9.53 Å². The van der Waals surface area contributed by atoms with E-state index in [1.807, 2.05) is 20.8 Å². The first-order valence-corrected chi connectivity index (χ1v) is 7.32. The molecule has 0 spiro atoms. The van der Waals surface area contributed by atoms with E-state index in [0.717, 1.165) is 19.4 Å². The summed E-state index contributed by atoms with van der Waals surface area (Å²) < 4.78 is 5.54. The topological polar surface area (TPSA) is 78.9 Å². The molecule has 1 fully saturated rings. The molecule has 2 amide bonds. The van der Waals surface area contributed by atoms with Gasteiger partial charge in [-0.05, 0) is 25.7 Å². The predicted octanol–water partition coefficient (Wildman–Crippen LogP) is 1.70. The fourth-order valence-corrected chi connectivity index (χ4v) is 2.28. The van der Waals surface area contributed by atoms with Crippen LogP contribution in [0.2, 0.25) is 0 Å². The highest BCUT2D eigenvalue weighted by atomic mass is 16.5. The molecule has 2 N–H and O–H groups in total. The number of carbonyl (C=O) groups excluding carboxylic acids is 1. The number of carbonyl (C=O) groups is 2. The third-order valence-electron chi connectivity index (χ3n) is 3.63. The maximum Gasteiger partial charge on any atom is 0.317 e. The molecular weight excluding hydrogens is 260 g/mol. The molecule has 116 valence electrons. The number of carboxylic acid groups (broad SMARTS) is 1. The van der Waals surface area contributed by atoms with Gasteiger partial charge in [0.05, 0.1) is 12.5 Å². The largest absolute Gasteiger partial charge is 0.481 e. The average Bonchev–Trinajstić information content (AvgIpc) is 2.87. The Morgan fingerprint density at radius 3 is 2.60 bits per heavy atom. The average molecular weight is 286 g/mol. The maximum atomic E-state index is 12.2. The Kier molecular flexibility index (Phi) is 6.78. The summed E-state index contributed by atoms with van der Waals surface area (Å²) >= 11 is 0. The number of nitrogens with one attached hydrogen (secondary N) is 1. The van der Waals surface area contributed by atoms with Crippen molar-refractivity contribution in [2.24, 2.45) is 5.92 Å². The van der Waals surface area contributed by atoms with E-state index in [0.29, 0.717) is 13.1 Å². The number of aliphatic carboxylic acids is 1. The van der Waals surface area contributed by atoms with Crippen molar-refractivity contribution in [1.29, 1.82) is 0 Å². The molecule has 0 aromatic heterocycles. The molecule has 1 aliphatic heterocycles. The van der Waals surface area contributed by atoms with E-state index in [-0.39, 0.29) is 30.5 Å². The van der Waals surface area contributed by atoms with E-state index in [4.69, 9.17) is 9.84 Å². The number of amides is 2. The van der Waals surface area contributed by atoms with Crippen LogP contribution in [-0.4, -0.2) is 53.8 Å². The molecule has 20 heavy (non-hydrogen) atoms. The molecule has 0 aliphatic carbocycles. The van der Waals surface area contributed by atoms with Crippen molar-refractivity contribution in [2.45, 2.75) is 52.2 Å². The zero-order chi connectivity index (χ0) is 15.1. The van der Waals surface area contributed by atoms with Crippen LogP contribution in [0, 0.1) is 5.92 Å². The van der Waals surface area contributed by atoms with E-state index in [1.54, 1.807) is 4.90 Å². The Bertz CT molecular complexity index is 327. The number of ether oxygens (including phenoxy) is 1. The molecule has 0 saturated carbocycles. The van der Waals surface area contributed by atoms with Gasteiger partial charge in [0.15, 0.2) is 0 Å². The van der Waals surface area contributed by atoms with Gasteiger partial charge in [-0.15, -0.1) is 0 Å². The monoisotopic (exact) mass is 286 g/mol. The summed E-state index contributed by atoms with van der Waals surface area (Å²) in [6.07, 6.45) is 2.07. The molecule has 1 aliphatic rings. The second-order valence-electron chi connectivity index (χ2n) is 5.57. The van der Waals surface area contributed by atoms with Crippen molar-refractivity contribution < 1.29 is 19.4 Å². The SMILES string of the molecule is CCN(CC1CCCO1)C(=O)NC(CC(=O)O)C(C)C. The minimum absolute atomic E-state index is 0.0547. The molecule has 2 unspecified atom stereocenters. The number of likely N-dealkylation sites (N-methyl/N-ethyl adjacent to an activating group) is 1. The molecule has 6 heteroatoms. The van der Waals surface area contributed by atoms with Crippen LogP contribution in [0.5, 0.6) is 0 Å². The Hall–Kier alpha value is -1.30. The molecular formula is C14H26N2O4. The minimum Gasteiger partial charge on any atom is -0.481 e. The Morgan fingerprint density at radius 1 is 1.45 bits per heavy atom. The molecule has 0 aromatic rings. The van der Waals surface area contributed by atoms with Gasteiger partial charge in [0.1, 0.15) is 0 Å². The molecule has 6 nitrogen and oxygen atoms in total. The number of nitrogens with zero attached hydrogens (tertiary/aromatic N) is 1. The number of hydrogen-bond donors (Lipinski definition) is 2. The first-order valence-electron chi connectivity index (χ1n) is 7.32. The zero-order valence-corrected chi connectivity index (χ0v) is 12.6. The number of carboxylic acids is 1. The Morgan fingerprint density at radius 2 is 2.15 bits per heavy atom. The van der Waals surface area contributed by atoms with Crippen LogP contribution in [0.25, 0.3) is 0 Å². The molecule has 1 saturated heterocycles. The number of hydrogen-bond acceptors (Lipinski definition) is 3. The quantitative estimate of drug-likeness (QED) is 0.746. The smallest absolute Gasteiger partial charge is 0.317 e. The summed E-state index contributed by atoms with van der Waals surface area (Å²) in [6, 6.07) is -0.554. The highest BCUT2D eigenvalue weighted by Gasteiger charge is 2.25. The van der Waals surface area contributed by atoms with Gasteiger partial charge in [-0.25, -0.2) is 4.79 Å². The van der Waals surface area contributed by atoms with Gasteiger partial charge in [-0.3, -0.25) is 4.79 Å². The summed E-state index contributed by atoms with van der Waals surface area (Å²) in [7, 11) is 0. The zero-order valence-electron chi connectivity index (χ0n) is 12.6. The molecule has 0 aromatic carbocycles. The van der Waals surface area contributed by atoms with E-state index in [2.05, 4.69) is 5.32 Å². The molecule has 1 heterocycles. The van der Waals surface area contributed by atoms with Crippen LogP contribution >= 0.6 is 0 Å². The van der Waals surface area contributed by atoms with Gasteiger partial charge in [0, 0.05) is 25.7 Å². The maximum absolute atomic E-state index is 12.2.